The predicted octanol–water partition coefficient (Wildman–Crippen LogP) is 3.23. The summed E-state index contributed by atoms with van der Waals surface area (Å²) in [6, 6.07) is 9.59. The summed E-state index contributed by atoms with van der Waals surface area (Å²) in [4.78, 5) is 8.17. The van der Waals surface area contributed by atoms with E-state index in [0.717, 1.165) is 29.5 Å². The minimum Gasteiger partial charge on any atom is -0.471 e. The van der Waals surface area contributed by atoms with Gasteiger partial charge in [-0.3, -0.25) is 4.68 Å². The SMILES string of the molecule is Cn1ncc(-c2nc(-c3ccc(Cc4nn[nH]n4)cc3)no2)c1COc1ccc(C(F)(F)F)cn1. The highest BCUT2D eigenvalue weighted by Crippen LogP contribution is 2.30. The smallest absolute Gasteiger partial charge is 0.417 e. The van der Waals surface area contributed by atoms with Gasteiger partial charge in [0.05, 0.1) is 23.0 Å². The van der Waals surface area contributed by atoms with Crippen LogP contribution in [0.4, 0.5) is 13.2 Å². The maximum atomic E-state index is 12.7. The Hall–Kier alpha value is -4.62. The lowest BCUT2D eigenvalue weighted by Crippen LogP contribution is -2.07. The molecule has 0 unspecified atom stereocenters. The molecule has 0 saturated carbocycles. The number of tetrazole rings is 1. The Morgan fingerprint density at radius 3 is 2.60 bits per heavy atom. The van der Waals surface area contributed by atoms with E-state index in [1.54, 1.807) is 17.9 Å². The van der Waals surface area contributed by atoms with Gasteiger partial charge in [-0.15, -0.1) is 10.2 Å². The van der Waals surface area contributed by atoms with Crippen LogP contribution in [0.3, 0.4) is 0 Å². The van der Waals surface area contributed by atoms with Crippen LogP contribution in [-0.4, -0.2) is 45.5 Å². The normalized spacial score (nSPS) is 11.7. The van der Waals surface area contributed by atoms with Crippen LogP contribution < -0.4 is 4.74 Å². The largest absolute Gasteiger partial charge is 0.471 e. The lowest BCUT2D eigenvalue weighted by atomic mass is 10.1. The molecule has 0 aliphatic carbocycles. The van der Waals surface area contributed by atoms with Gasteiger partial charge in [0.1, 0.15) is 6.61 Å². The Bertz CT molecular complexity index is 1410. The van der Waals surface area contributed by atoms with Crippen LogP contribution in [0.2, 0.25) is 0 Å². The molecule has 1 N–H and O–H groups in total. The fourth-order valence-corrected chi connectivity index (χ4v) is 3.25. The first-order chi connectivity index (χ1) is 16.9. The molecule has 178 valence electrons. The third-order valence-electron chi connectivity index (χ3n) is 5.10. The van der Waals surface area contributed by atoms with Gasteiger partial charge in [-0.25, -0.2) is 4.98 Å². The number of alkyl halides is 3. The van der Waals surface area contributed by atoms with Gasteiger partial charge in [-0.05, 0) is 11.6 Å². The van der Waals surface area contributed by atoms with Crippen molar-refractivity contribution in [3.63, 3.8) is 0 Å². The number of aromatic nitrogens is 9. The topological polar surface area (TPSA) is 133 Å². The van der Waals surface area contributed by atoms with E-state index in [2.05, 4.69) is 40.8 Å². The third kappa shape index (κ3) is 4.85. The summed E-state index contributed by atoms with van der Waals surface area (Å²) in [7, 11) is 1.70. The van der Waals surface area contributed by atoms with E-state index in [1.165, 1.54) is 0 Å². The minimum absolute atomic E-state index is 0.0211. The molecule has 5 aromatic rings. The van der Waals surface area contributed by atoms with Crippen LogP contribution in [0.25, 0.3) is 22.8 Å². The molecular formula is C21H16F3N9O2. The Morgan fingerprint density at radius 2 is 1.91 bits per heavy atom. The highest BCUT2D eigenvalue weighted by atomic mass is 19.4. The standard InChI is InChI=1S/C21H16F3N9O2/c1-33-16(11-34-18-7-6-14(9-25-18)21(22,23)24)15(10-26-33)20-27-19(30-35-20)13-4-2-12(3-5-13)8-17-28-31-32-29-17/h2-7,9-10H,8,11H2,1H3,(H,28,29,31,32). The highest BCUT2D eigenvalue weighted by molar-refractivity contribution is 5.61. The van der Waals surface area contributed by atoms with Crippen molar-refractivity contribution in [2.75, 3.05) is 0 Å². The van der Waals surface area contributed by atoms with E-state index in [4.69, 9.17) is 9.26 Å². The molecule has 35 heavy (non-hydrogen) atoms. The molecule has 4 heterocycles. The predicted molar refractivity (Wildman–Crippen MR) is 112 cm³/mol. The quantitative estimate of drug-likeness (QED) is 0.370. The van der Waals surface area contributed by atoms with Crippen molar-refractivity contribution in [2.24, 2.45) is 7.05 Å². The molecule has 5 rings (SSSR count). The lowest BCUT2D eigenvalue weighted by molar-refractivity contribution is -0.137. The molecule has 0 bridgehead atoms. The number of rotatable bonds is 7. The summed E-state index contributed by atoms with van der Waals surface area (Å²) >= 11 is 0. The zero-order valence-corrected chi connectivity index (χ0v) is 18.1. The number of H-pyrrole nitrogens is 1. The number of halogens is 3. The fourth-order valence-electron chi connectivity index (χ4n) is 3.25. The fraction of sp³-hybridized carbons (Fsp3) is 0.190. The van der Waals surface area contributed by atoms with E-state index in [9.17, 15) is 13.2 Å². The maximum absolute atomic E-state index is 12.7. The Kier molecular flexibility index (Phi) is 5.68. The number of aromatic amines is 1. The van der Waals surface area contributed by atoms with E-state index in [1.807, 2.05) is 24.3 Å². The summed E-state index contributed by atoms with van der Waals surface area (Å²) in [5.74, 6) is 1.23. The van der Waals surface area contributed by atoms with Gasteiger partial charge in [0.15, 0.2) is 5.82 Å². The third-order valence-corrected chi connectivity index (χ3v) is 5.10. The van der Waals surface area contributed by atoms with Crippen LogP contribution in [-0.2, 0) is 26.3 Å². The zero-order valence-electron chi connectivity index (χ0n) is 18.1. The number of hydrogen-bond donors (Lipinski definition) is 1. The van der Waals surface area contributed by atoms with Crippen molar-refractivity contribution in [2.45, 2.75) is 19.2 Å². The zero-order chi connectivity index (χ0) is 24.4. The number of nitrogens with one attached hydrogen (secondary N) is 1. The Morgan fingerprint density at radius 1 is 1.09 bits per heavy atom. The first-order valence-electron chi connectivity index (χ1n) is 10.2. The van der Waals surface area contributed by atoms with Gasteiger partial charge in [0.25, 0.3) is 5.89 Å². The van der Waals surface area contributed by atoms with Crippen LogP contribution in [0, 0.1) is 0 Å². The molecule has 0 amide bonds. The van der Waals surface area contributed by atoms with Crippen LogP contribution in [0.1, 0.15) is 22.6 Å². The summed E-state index contributed by atoms with van der Waals surface area (Å²) in [5.41, 5.74) is 1.99. The molecule has 0 fully saturated rings. The number of hydrogen-bond acceptors (Lipinski definition) is 9. The molecular weight excluding hydrogens is 467 g/mol. The number of aryl methyl sites for hydroxylation is 1. The number of ether oxygens (including phenoxy) is 1. The molecule has 0 atom stereocenters. The van der Waals surface area contributed by atoms with Crippen molar-refractivity contribution in [1.29, 1.82) is 0 Å². The number of pyridine rings is 1. The first kappa shape index (κ1) is 22.2. The molecule has 14 heteroatoms. The second-order valence-electron chi connectivity index (χ2n) is 7.42. The molecule has 4 aromatic heterocycles. The maximum Gasteiger partial charge on any atom is 0.417 e. The Labute approximate surface area is 195 Å². The Balaban J connectivity index is 1.30. The van der Waals surface area contributed by atoms with Crippen molar-refractivity contribution < 1.29 is 22.4 Å². The van der Waals surface area contributed by atoms with Crippen molar-refractivity contribution in [1.82, 2.24) is 45.5 Å². The van der Waals surface area contributed by atoms with Gasteiger partial charge in [-0.1, -0.05) is 34.6 Å². The van der Waals surface area contributed by atoms with Gasteiger partial charge < -0.3 is 9.26 Å². The summed E-state index contributed by atoms with van der Waals surface area (Å²) in [6.07, 6.45) is -1.67. The monoisotopic (exact) mass is 483 g/mol. The van der Waals surface area contributed by atoms with Crippen molar-refractivity contribution in [3.05, 3.63) is 71.4 Å². The van der Waals surface area contributed by atoms with E-state index in [-0.39, 0.29) is 18.4 Å². The van der Waals surface area contributed by atoms with Crippen molar-refractivity contribution in [3.8, 4) is 28.7 Å². The molecule has 0 aliphatic heterocycles. The van der Waals surface area contributed by atoms with Crippen LogP contribution in [0.15, 0.2) is 53.3 Å². The molecule has 0 radical (unpaired) electrons. The van der Waals surface area contributed by atoms with E-state index in [0.29, 0.717) is 29.3 Å². The molecule has 0 aliphatic rings. The van der Waals surface area contributed by atoms with Crippen molar-refractivity contribution >= 4 is 0 Å². The number of benzene rings is 1. The second kappa shape index (κ2) is 8.96. The summed E-state index contributed by atoms with van der Waals surface area (Å²) in [6.45, 7) is -0.0211. The average molecular weight is 483 g/mol. The van der Waals surface area contributed by atoms with E-state index >= 15 is 0 Å². The van der Waals surface area contributed by atoms with Crippen LogP contribution >= 0.6 is 0 Å². The molecule has 1 aromatic carbocycles. The lowest BCUT2D eigenvalue weighted by Gasteiger charge is -2.09. The summed E-state index contributed by atoms with van der Waals surface area (Å²) in [5, 5.41) is 22.1. The molecule has 0 spiro atoms. The number of nitrogens with zero attached hydrogens (tertiary/aromatic N) is 8. The second-order valence-corrected chi connectivity index (χ2v) is 7.42. The highest BCUT2D eigenvalue weighted by Gasteiger charge is 2.30. The first-order valence-corrected chi connectivity index (χ1v) is 10.2. The average Bonchev–Trinajstić information content (AvgIpc) is 3.60. The van der Waals surface area contributed by atoms with Gasteiger partial charge in [0, 0.05) is 31.3 Å². The minimum atomic E-state index is -4.47. The van der Waals surface area contributed by atoms with Gasteiger partial charge in [0.2, 0.25) is 11.7 Å². The van der Waals surface area contributed by atoms with E-state index < -0.39 is 11.7 Å². The summed E-state index contributed by atoms with van der Waals surface area (Å²) < 4.78 is 50.7. The van der Waals surface area contributed by atoms with Crippen LogP contribution in [0.5, 0.6) is 5.88 Å². The van der Waals surface area contributed by atoms with Gasteiger partial charge in [-0.2, -0.15) is 28.5 Å². The molecule has 0 saturated heterocycles. The molecule has 11 nitrogen and oxygen atoms in total. The van der Waals surface area contributed by atoms with Gasteiger partial charge >= 0.3 is 6.18 Å².